The Kier molecular flexibility index (Phi) is 11.7. The van der Waals surface area contributed by atoms with Gasteiger partial charge in [-0.2, -0.15) is 29.8 Å². The first-order valence-electron chi connectivity index (χ1n) is 16.5. The monoisotopic (exact) mass is 810 g/mol. The number of benzene rings is 4. The number of aryl methyl sites for hydroxylation is 6. The van der Waals surface area contributed by atoms with Crippen LogP contribution in [0.3, 0.4) is 0 Å². The average molecular weight is 810 g/mol. The molecule has 3 aromatic heterocycles. The smallest absolute Gasteiger partial charge is 0.150 e. The Bertz CT molecular complexity index is 2040. The summed E-state index contributed by atoms with van der Waals surface area (Å²) in [5, 5.41) is 0. The molecule has 0 amide bonds. The first-order chi connectivity index (χ1) is 23.8. The van der Waals surface area contributed by atoms with Crippen LogP contribution in [0, 0.1) is 30.6 Å². The number of nitrogens with zero attached hydrogens (tertiary/aromatic N) is 3. The van der Waals surface area contributed by atoms with Gasteiger partial charge in [-0.05, 0) is 72.2 Å². The molecular formula is C45H35IrN3-4. The van der Waals surface area contributed by atoms with E-state index in [0.717, 1.165) is 72.3 Å². The molecule has 49 heavy (non-hydrogen) atoms. The zero-order valence-corrected chi connectivity index (χ0v) is 29.6. The maximum absolute atomic E-state index is 4.75. The Labute approximate surface area is 303 Å². The van der Waals surface area contributed by atoms with E-state index in [4.69, 9.17) is 4.98 Å². The van der Waals surface area contributed by atoms with Gasteiger partial charge in [0.2, 0.25) is 0 Å². The number of pyridine rings is 3. The maximum atomic E-state index is 4.75. The number of hydrogen-bond acceptors (Lipinski definition) is 2. The summed E-state index contributed by atoms with van der Waals surface area (Å²) in [7, 11) is 0. The van der Waals surface area contributed by atoms with Gasteiger partial charge in [0.15, 0.2) is 0 Å². The van der Waals surface area contributed by atoms with Crippen molar-refractivity contribution in [2.24, 2.45) is 0 Å². The molecule has 0 aliphatic carbocycles. The third-order valence-corrected chi connectivity index (χ3v) is 8.64. The van der Waals surface area contributed by atoms with Gasteiger partial charge in [0.05, 0.1) is 6.20 Å². The molecule has 7 rings (SSSR count). The summed E-state index contributed by atoms with van der Waals surface area (Å²) >= 11 is 0. The Morgan fingerprint density at radius 1 is 0.531 bits per heavy atom. The summed E-state index contributed by atoms with van der Waals surface area (Å²) in [6.07, 6.45) is 16.2. The van der Waals surface area contributed by atoms with E-state index in [1.807, 2.05) is 89.8 Å². The van der Waals surface area contributed by atoms with Crippen LogP contribution in [0.1, 0.15) is 33.4 Å². The van der Waals surface area contributed by atoms with Crippen molar-refractivity contribution in [3.05, 3.63) is 204 Å². The van der Waals surface area contributed by atoms with E-state index >= 15 is 0 Å². The fourth-order valence-corrected chi connectivity index (χ4v) is 5.96. The van der Waals surface area contributed by atoms with Gasteiger partial charge in [-0.3, -0.25) is 0 Å². The predicted octanol–water partition coefficient (Wildman–Crippen LogP) is 8.44. The van der Waals surface area contributed by atoms with Gasteiger partial charge >= 0.3 is 0 Å². The van der Waals surface area contributed by atoms with E-state index in [2.05, 4.69) is 90.2 Å². The molecule has 0 saturated heterocycles. The summed E-state index contributed by atoms with van der Waals surface area (Å²) in [4.78, 5) is 9.36. The molecular weight excluding hydrogens is 775 g/mol. The van der Waals surface area contributed by atoms with Crippen LogP contribution in [-0.2, 0) is 58.6 Å². The Morgan fingerprint density at radius 3 is 1.94 bits per heavy atom. The van der Waals surface area contributed by atoms with Crippen LogP contribution in [0.2, 0.25) is 0 Å². The summed E-state index contributed by atoms with van der Waals surface area (Å²) in [5.41, 5.74) is 12.6. The van der Waals surface area contributed by atoms with Crippen molar-refractivity contribution < 1.29 is 24.7 Å². The minimum Gasteiger partial charge on any atom is -0.372 e. The normalized spacial score (nSPS) is 10.8. The molecule has 0 unspecified atom stereocenters. The molecule has 0 fully saturated rings. The van der Waals surface area contributed by atoms with Crippen LogP contribution >= 0.6 is 0 Å². The zero-order valence-electron chi connectivity index (χ0n) is 27.2. The molecule has 243 valence electrons. The number of hydrogen-bond donors (Lipinski definition) is 0. The van der Waals surface area contributed by atoms with Crippen molar-refractivity contribution in [2.45, 2.75) is 38.5 Å². The standard InChI is InChI=1S/C45H35N3.Ir/c1-4-12-40(13-5-1)44-27-22-37(33-46-44)20-25-39-24-19-36(18-17-35-11-10-16-43(32-35)48-29-8-3-9-30-48)31-42(39)26-21-38-23-28-45(47-34-38)41-14-6-2-7-15-41;/h1-12,14,19,22-24,27-29,31-32,34H,17-18,20-21,25-26H2;/q-4;. The van der Waals surface area contributed by atoms with E-state index in [1.54, 1.807) is 0 Å². The fourth-order valence-electron chi connectivity index (χ4n) is 5.96. The third kappa shape index (κ3) is 9.12. The molecule has 1 radical (unpaired) electrons. The van der Waals surface area contributed by atoms with E-state index in [9.17, 15) is 0 Å². The molecule has 0 spiro atoms. The summed E-state index contributed by atoms with van der Waals surface area (Å²) in [5.74, 6) is 0. The van der Waals surface area contributed by atoms with Gasteiger partial charge in [0.1, 0.15) is 6.20 Å². The Balaban J connectivity index is 0.00000417. The SMILES string of the molecule is [Ir].[c-]1nc(-c2[c-]cccc2)ccc1CCc1ccc(CCc2cc[c-]c(-[n+]3[c-]cccc3)c2)cc1CCc1ccc(-c2[c-]cccc2)nc1. The molecule has 0 bridgehead atoms. The zero-order chi connectivity index (χ0) is 32.4. The molecule has 4 heteroatoms. The second-order valence-corrected chi connectivity index (χ2v) is 12.0. The fraction of sp³-hybridized carbons (Fsp3) is 0.133. The van der Waals surface area contributed by atoms with Crippen LogP contribution in [-0.4, -0.2) is 9.97 Å². The molecule has 0 N–H and O–H groups in total. The molecule has 7 aromatic rings. The second-order valence-electron chi connectivity index (χ2n) is 12.0. The third-order valence-electron chi connectivity index (χ3n) is 8.64. The van der Waals surface area contributed by atoms with Crippen LogP contribution < -0.4 is 4.57 Å². The number of aromatic nitrogens is 3. The van der Waals surface area contributed by atoms with E-state index < -0.39 is 0 Å². The molecule has 0 atom stereocenters. The van der Waals surface area contributed by atoms with Gasteiger partial charge in [0, 0.05) is 32.0 Å². The van der Waals surface area contributed by atoms with Gasteiger partial charge in [-0.1, -0.05) is 48.7 Å². The van der Waals surface area contributed by atoms with Crippen molar-refractivity contribution in [3.63, 3.8) is 0 Å². The summed E-state index contributed by atoms with van der Waals surface area (Å²) in [6, 6.07) is 53.7. The average Bonchev–Trinajstić information content (AvgIpc) is 3.17. The molecule has 3 heterocycles. The largest absolute Gasteiger partial charge is 0.372 e. The van der Waals surface area contributed by atoms with Crippen LogP contribution in [0.15, 0.2) is 140 Å². The van der Waals surface area contributed by atoms with E-state index in [1.165, 1.54) is 27.8 Å². The minimum atomic E-state index is 0. The predicted molar refractivity (Wildman–Crippen MR) is 190 cm³/mol. The Morgan fingerprint density at radius 2 is 1.24 bits per heavy atom. The first-order valence-corrected chi connectivity index (χ1v) is 16.5. The maximum Gasteiger partial charge on any atom is 0.150 e. The number of rotatable bonds is 12. The van der Waals surface area contributed by atoms with Gasteiger partial charge in [0.25, 0.3) is 0 Å². The van der Waals surface area contributed by atoms with Gasteiger partial charge < -0.3 is 14.5 Å². The molecule has 0 aliphatic rings. The quantitative estimate of drug-likeness (QED) is 0.0917. The molecule has 3 nitrogen and oxygen atoms in total. The van der Waals surface area contributed by atoms with Crippen LogP contribution in [0.5, 0.6) is 0 Å². The Hall–Kier alpha value is -5.02. The summed E-state index contributed by atoms with van der Waals surface area (Å²) < 4.78 is 1.98. The molecule has 0 aliphatic heterocycles. The van der Waals surface area contributed by atoms with Crippen molar-refractivity contribution in [1.82, 2.24) is 9.97 Å². The minimum absolute atomic E-state index is 0. The van der Waals surface area contributed by atoms with E-state index in [-0.39, 0.29) is 20.1 Å². The van der Waals surface area contributed by atoms with E-state index in [0.29, 0.717) is 0 Å². The topological polar surface area (TPSA) is 29.7 Å². The van der Waals surface area contributed by atoms with Crippen molar-refractivity contribution in [1.29, 1.82) is 0 Å². The van der Waals surface area contributed by atoms with Crippen LogP contribution in [0.4, 0.5) is 0 Å². The van der Waals surface area contributed by atoms with Gasteiger partial charge in [-0.25, -0.2) is 0 Å². The molecule has 0 saturated carbocycles. The van der Waals surface area contributed by atoms with Gasteiger partial charge in [-0.15, -0.1) is 95.6 Å². The van der Waals surface area contributed by atoms with Crippen LogP contribution in [0.25, 0.3) is 28.2 Å². The summed E-state index contributed by atoms with van der Waals surface area (Å²) in [6.45, 7) is 0. The van der Waals surface area contributed by atoms with Crippen molar-refractivity contribution >= 4 is 0 Å². The van der Waals surface area contributed by atoms with Crippen molar-refractivity contribution in [3.8, 4) is 28.2 Å². The van der Waals surface area contributed by atoms with Crippen molar-refractivity contribution in [2.75, 3.05) is 0 Å². The second kappa shape index (κ2) is 16.9. The molecule has 4 aromatic carbocycles. The first kappa shape index (κ1) is 33.9.